The fraction of sp³-hybridized carbons (Fsp3) is 0.467. The fourth-order valence-corrected chi connectivity index (χ4v) is 1.87. The monoisotopic (exact) mass is 218 g/mol. The van der Waals surface area contributed by atoms with Gasteiger partial charge in [-0.25, -0.2) is 0 Å². The third-order valence-electron chi connectivity index (χ3n) is 2.80. The molecule has 1 rings (SSSR count). The van der Waals surface area contributed by atoms with Gasteiger partial charge in [-0.2, -0.15) is 0 Å². The Morgan fingerprint density at radius 2 is 1.88 bits per heavy atom. The van der Waals surface area contributed by atoms with Crippen LogP contribution in [-0.2, 0) is 6.42 Å². The minimum atomic E-state index is 1.02. The van der Waals surface area contributed by atoms with E-state index >= 15 is 0 Å². The van der Waals surface area contributed by atoms with E-state index in [1.54, 1.807) is 7.11 Å². The number of rotatable bonds is 8. The molecule has 1 heteroatoms. The predicted octanol–water partition coefficient (Wildman–Crippen LogP) is 4.37. The van der Waals surface area contributed by atoms with Crippen LogP contribution in [0, 0.1) is 0 Å². The summed E-state index contributed by atoms with van der Waals surface area (Å²) < 4.78 is 5.33. The highest BCUT2D eigenvalue weighted by atomic mass is 16.5. The lowest BCUT2D eigenvalue weighted by Gasteiger charge is -2.07. The van der Waals surface area contributed by atoms with Crippen molar-refractivity contribution in [3.63, 3.8) is 0 Å². The summed E-state index contributed by atoms with van der Waals surface area (Å²) in [5, 5.41) is 0. The van der Waals surface area contributed by atoms with Crippen molar-refractivity contribution in [3.05, 3.63) is 42.5 Å². The first-order chi connectivity index (χ1) is 7.88. The maximum Gasteiger partial charge on any atom is 0.122 e. The molecule has 0 N–H and O–H groups in total. The van der Waals surface area contributed by atoms with Gasteiger partial charge in [0.15, 0.2) is 0 Å². The normalized spacial score (nSPS) is 10.1. The molecule has 0 aliphatic rings. The highest BCUT2D eigenvalue weighted by Gasteiger charge is 2.00. The van der Waals surface area contributed by atoms with E-state index in [9.17, 15) is 0 Å². The van der Waals surface area contributed by atoms with Gasteiger partial charge < -0.3 is 4.74 Å². The molecule has 0 aliphatic carbocycles. The van der Waals surface area contributed by atoms with E-state index in [-0.39, 0.29) is 0 Å². The molecule has 1 nitrogen and oxygen atoms in total. The zero-order valence-corrected chi connectivity index (χ0v) is 10.2. The van der Waals surface area contributed by atoms with Gasteiger partial charge in [0.1, 0.15) is 5.75 Å². The number of hydrogen-bond donors (Lipinski definition) is 0. The summed E-state index contributed by atoms with van der Waals surface area (Å²) in [6.45, 7) is 3.73. The van der Waals surface area contributed by atoms with Crippen molar-refractivity contribution in [2.24, 2.45) is 0 Å². The number of methoxy groups -OCH3 is 1. The van der Waals surface area contributed by atoms with Gasteiger partial charge in [0.05, 0.1) is 7.11 Å². The predicted molar refractivity (Wildman–Crippen MR) is 70.0 cm³/mol. The Morgan fingerprint density at radius 3 is 2.62 bits per heavy atom. The van der Waals surface area contributed by atoms with Gasteiger partial charge in [-0.1, -0.05) is 37.1 Å². The van der Waals surface area contributed by atoms with Crippen LogP contribution in [0.4, 0.5) is 0 Å². The zero-order valence-electron chi connectivity index (χ0n) is 10.2. The van der Waals surface area contributed by atoms with Crippen LogP contribution in [-0.4, -0.2) is 7.11 Å². The van der Waals surface area contributed by atoms with Crippen LogP contribution >= 0.6 is 0 Å². The molecule has 0 atom stereocenters. The summed E-state index contributed by atoms with van der Waals surface area (Å²) in [6, 6.07) is 8.29. The molecule has 88 valence electrons. The molecule has 0 radical (unpaired) electrons. The number of benzene rings is 1. The average Bonchev–Trinajstić information content (AvgIpc) is 2.34. The Hall–Kier alpha value is -1.24. The first-order valence-corrected chi connectivity index (χ1v) is 6.11. The molecule has 0 heterocycles. The summed E-state index contributed by atoms with van der Waals surface area (Å²) in [4.78, 5) is 0. The SMILES string of the molecule is C=CCCCCCCc1ccccc1OC. The minimum Gasteiger partial charge on any atom is -0.496 e. The highest BCUT2D eigenvalue weighted by molar-refractivity contribution is 5.33. The number of unbranched alkanes of at least 4 members (excludes halogenated alkanes) is 4. The third kappa shape index (κ3) is 4.52. The lowest BCUT2D eigenvalue weighted by molar-refractivity contribution is 0.408. The van der Waals surface area contributed by atoms with Gasteiger partial charge in [-0.3, -0.25) is 0 Å². The third-order valence-corrected chi connectivity index (χ3v) is 2.80. The van der Waals surface area contributed by atoms with Crippen molar-refractivity contribution in [2.45, 2.75) is 38.5 Å². The van der Waals surface area contributed by atoms with Crippen LogP contribution in [0.15, 0.2) is 36.9 Å². The van der Waals surface area contributed by atoms with E-state index in [4.69, 9.17) is 4.74 Å². The summed E-state index contributed by atoms with van der Waals surface area (Å²) >= 11 is 0. The fourth-order valence-electron chi connectivity index (χ4n) is 1.87. The van der Waals surface area contributed by atoms with Gasteiger partial charge in [-0.15, -0.1) is 6.58 Å². The number of ether oxygens (including phenoxy) is 1. The van der Waals surface area contributed by atoms with Gasteiger partial charge in [0.25, 0.3) is 0 Å². The molecule has 0 aliphatic heterocycles. The van der Waals surface area contributed by atoms with Crippen molar-refractivity contribution in [2.75, 3.05) is 7.11 Å². The molecule has 1 aromatic rings. The molecule has 0 spiro atoms. The molecule has 0 saturated heterocycles. The average molecular weight is 218 g/mol. The second-order valence-electron chi connectivity index (χ2n) is 4.05. The van der Waals surface area contributed by atoms with Crippen molar-refractivity contribution < 1.29 is 4.74 Å². The van der Waals surface area contributed by atoms with Crippen molar-refractivity contribution in [3.8, 4) is 5.75 Å². The van der Waals surface area contributed by atoms with Crippen LogP contribution in [0.5, 0.6) is 5.75 Å². The first kappa shape index (κ1) is 12.8. The lowest BCUT2D eigenvalue weighted by Crippen LogP contribution is -1.92. The molecule has 1 aromatic carbocycles. The van der Waals surface area contributed by atoms with E-state index < -0.39 is 0 Å². The largest absolute Gasteiger partial charge is 0.496 e. The van der Waals surface area contributed by atoms with E-state index in [0.717, 1.165) is 18.6 Å². The molecule has 16 heavy (non-hydrogen) atoms. The van der Waals surface area contributed by atoms with Crippen molar-refractivity contribution >= 4 is 0 Å². The Bertz CT molecular complexity index is 304. The summed E-state index contributed by atoms with van der Waals surface area (Å²) in [7, 11) is 1.74. The molecule has 0 bridgehead atoms. The Labute approximate surface area is 99.1 Å². The lowest BCUT2D eigenvalue weighted by atomic mass is 10.0. The van der Waals surface area contributed by atoms with E-state index in [1.165, 1.54) is 31.2 Å². The van der Waals surface area contributed by atoms with Crippen LogP contribution in [0.1, 0.15) is 37.7 Å². The van der Waals surface area contributed by atoms with Crippen LogP contribution < -0.4 is 4.74 Å². The van der Waals surface area contributed by atoms with Crippen LogP contribution in [0.25, 0.3) is 0 Å². The van der Waals surface area contributed by atoms with Crippen molar-refractivity contribution in [1.29, 1.82) is 0 Å². The van der Waals surface area contributed by atoms with Gasteiger partial charge in [0, 0.05) is 0 Å². The topological polar surface area (TPSA) is 9.23 Å². The molecular formula is C15H22O. The second kappa shape index (κ2) is 7.98. The molecule has 0 aromatic heterocycles. The number of allylic oxidation sites excluding steroid dienone is 1. The Kier molecular flexibility index (Phi) is 6.39. The smallest absolute Gasteiger partial charge is 0.122 e. The van der Waals surface area contributed by atoms with Gasteiger partial charge in [-0.05, 0) is 37.3 Å². The summed E-state index contributed by atoms with van der Waals surface area (Å²) in [6.07, 6.45) is 9.40. The Morgan fingerprint density at radius 1 is 1.12 bits per heavy atom. The maximum atomic E-state index is 5.33. The zero-order chi connectivity index (χ0) is 11.6. The van der Waals surface area contributed by atoms with E-state index in [1.807, 2.05) is 18.2 Å². The Balaban J connectivity index is 2.23. The van der Waals surface area contributed by atoms with Crippen molar-refractivity contribution in [1.82, 2.24) is 0 Å². The second-order valence-corrected chi connectivity index (χ2v) is 4.05. The number of para-hydroxylation sites is 1. The van der Waals surface area contributed by atoms with E-state index in [2.05, 4.69) is 18.7 Å². The molecule has 0 fully saturated rings. The quantitative estimate of drug-likeness (QED) is 0.465. The van der Waals surface area contributed by atoms with Gasteiger partial charge >= 0.3 is 0 Å². The molecule has 0 amide bonds. The molecule has 0 unspecified atom stereocenters. The van der Waals surface area contributed by atoms with E-state index in [0.29, 0.717) is 0 Å². The number of aryl methyl sites for hydroxylation is 1. The van der Waals surface area contributed by atoms with Crippen LogP contribution in [0.3, 0.4) is 0 Å². The molecule has 0 saturated carbocycles. The number of hydrogen-bond acceptors (Lipinski definition) is 1. The first-order valence-electron chi connectivity index (χ1n) is 6.11. The standard InChI is InChI=1S/C15H22O/c1-3-4-5-6-7-8-11-14-12-9-10-13-15(14)16-2/h3,9-10,12-13H,1,4-8,11H2,2H3. The summed E-state index contributed by atoms with van der Waals surface area (Å²) in [5.41, 5.74) is 1.33. The summed E-state index contributed by atoms with van der Waals surface area (Å²) in [5.74, 6) is 1.02. The maximum absolute atomic E-state index is 5.33. The van der Waals surface area contributed by atoms with Gasteiger partial charge in [0.2, 0.25) is 0 Å². The van der Waals surface area contributed by atoms with Crippen LogP contribution in [0.2, 0.25) is 0 Å². The highest BCUT2D eigenvalue weighted by Crippen LogP contribution is 2.19. The minimum absolute atomic E-state index is 1.02. The molecular weight excluding hydrogens is 196 g/mol.